The minimum atomic E-state index is 0.0919. The minimum absolute atomic E-state index is 0.0919. The first kappa shape index (κ1) is 14.6. The Balaban J connectivity index is 1.92. The van der Waals surface area contributed by atoms with Crippen LogP contribution >= 0.6 is 11.6 Å². The van der Waals surface area contributed by atoms with Gasteiger partial charge in [0, 0.05) is 19.1 Å². The van der Waals surface area contributed by atoms with Crippen LogP contribution in [0.25, 0.3) is 0 Å². The van der Waals surface area contributed by atoms with Crippen molar-refractivity contribution in [2.24, 2.45) is 0 Å². The Morgan fingerprint density at radius 1 is 1.32 bits per heavy atom. The van der Waals surface area contributed by atoms with Crippen molar-refractivity contribution >= 4 is 11.6 Å². The fourth-order valence-corrected chi connectivity index (χ4v) is 2.53. The van der Waals surface area contributed by atoms with Gasteiger partial charge in [-0.1, -0.05) is 30.7 Å². The van der Waals surface area contributed by atoms with Gasteiger partial charge in [-0.3, -0.25) is 0 Å². The summed E-state index contributed by atoms with van der Waals surface area (Å²) in [6.07, 6.45) is 2.31. The molecule has 1 aliphatic rings. The lowest BCUT2D eigenvalue weighted by molar-refractivity contribution is -0.104. The maximum atomic E-state index is 6.11. The average Bonchev–Trinajstić information content (AvgIpc) is 2.41. The summed E-state index contributed by atoms with van der Waals surface area (Å²) in [5, 5.41) is 4.15. The van der Waals surface area contributed by atoms with Gasteiger partial charge in [-0.05, 0) is 32.0 Å². The Morgan fingerprint density at radius 2 is 2.11 bits per heavy atom. The van der Waals surface area contributed by atoms with Crippen LogP contribution in [-0.2, 0) is 4.74 Å². The molecule has 1 aromatic rings. The summed E-state index contributed by atoms with van der Waals surface area (Å²) in [5.74, 6) is 0.743. The summed E-state index contributed by atoms with van der Waals surface area (Å²) < 4.78 is 11.7. The summed E-state index contributed by atoms with van der Waals surface area (Å²) in [4.78, 5) is 0. The van der Waals surface area contributed by atoms with Gasteiger partial charge in [-0.25, -0.2) is 0 Å². The van der Waals surface area contributed by atoms with Crippen LogP contribution in [0.3, 0.4) is 0 Å². The second-order valence-corrected chi connectivity index (χ2v) is 5.21. The van der Waals surface area contributed by atoms with E-state index in [4.69, 9.17) is 21.1 Å². The van der Waals surface area contributed by atoms with Gasteiger partial charge in [0.05, 0.1) is 5.02 Å². The van der Waals surface area contributed by atoms with Crippen LogP contribution in [0.1, 0.15) is 26.7 Å². The molecule has 19 heavy (non-hydrogen) atoms. The van der Waals surface area contributed by atoms with E-state index in [1.807, 2.05) is 31.2 Å². The van der Waals surface area contributed by atoms with Gasteiger partial charge >= 0.3 is 0 Å². The average molecular weight is 284 g/mol. The number of nitrogens with one attached hydrogen (secondary N) is 1. The smallest absolute Gasteiger partial charge is 0.138 e. The van der Waals surface area contributed by atoms with Gasteiger partial charge in [-0.15, -0.1) is 0 Å². The highest BCUT2D eigenvalue weighted by Gasteiger charge is 2.43. The first-order valence-corrected chi connectivity index (χ1v) is 7.40. The number of para-hydroxylation sites is 1. The van der Waals surface area contributed by atoms with Crippen molar-refractivity contribution in [3.8, 4) is 5.75 Å². The first-order chi connectivity index (χ1) is 9.26. The lowest BCUT2D eigenvalue weighted by Gasteiger charge is -2.44. The number of halogens is 1. The standard InChI is InChI=1S/C15H22ClNO2/c1-3-9-17-12-10-14(15(12)18-4-2)19-13-8-6-5-7-11(13)16/h5-8,12,14-15,17H,3-4,9-10H2,1-2H3. The molecule has 1 N–H and O–H groups in total. The van der Waals surface area contributed by atoms with Crippen LogP contribution in [0.15, 0.2) is 24.3 Å². The fourth-order valence-electron chi connectivity index (χ4n) is 2.35. The third kappa shape index (κ3) is 3.62. The normalized spacial score (nSPS) is 25.9. The van der Waals surface area contributed by atoms with E-state index >= 15 is 0 Å². The van der Waals surface area contributed by atoms with E-state index in [1.165, 1.54) is 0 Å². The second kappa shape index (κ2) is 7.13. The van der Waals surface area contributed by atoms with Crippen LogP contribution in [0.5, 0.6) is 5.75 Å². The third-order valence-corrected chi connectivity index (χ3v) is 3.69. The van der Waals surface area contributed by atoms with Gasteiger partial charge in [0.25, 0.3) is 0 Å². The molecule has 106 valence electrons. The quantitative estimate of drug-likeness (QED) is 0.833. The zero-order valence-corrected chi connectivity index (χ0v) is 12.3. The molecule has 0 spiro atoms. The summed E-state index contributed by atoms with van der Waals surface area (Å²) in [5.41, 5.74) is 0. The third-order valence-electron chi connectivity index (χ3n) is 3.38. The molecule has 1 aromatic carbocycles. The molecule has 0 aromatic heterocycles. The number of hydrogen-bond donors (Lipinski definition) is 1. The van der Waals surface area contributed by atoms with Crippen LogP contribution in [-0.4, -0.2) is 31.4 Å². The fraction of sp³-hybridized carbons (Fsp3) is 0.600. The molecular formula is C15H22ClNO2. The van der Waals surface area contributed by atoms with E-state index in [2.05, 4.69) is 12.2 Å². The largest absolute Gasteiger partial charge is 0.486 e. The molecule has 1 fully saturated rings. The van der Waals surface area contributed by atoms with E-state index < -0.39 is 0 Å². The van der Waals surface area contributed by atoms with Gasteiger partial charge in [0.1, 0.15) is 18.0 Å². The van der Waals surface area contributed by atoms with Crippen molar-refractivity contribution in [3.05, 3.63) is 29.3 Å². The molecule has 0 radical (unpaired) electrons. The highest BCUT2D eigenvalue weighted by molar-refractivity contribution is 6.32. The molecule has 3 nitrogen and oxygen atoms in total. The lowest BCUT2D eigenvalue weighted by Crippen LogP contribution is -2.61. The van der Waals surface area contributed by atoms with Gasteiger partial charge in [0.2, 0.25) is 0 Å². The molecule has 3 unspecified atom stereocenters. The Bertz CT molecular complexity index is 399. The van der Waals surface area contributed by atoms with Crippen molar-refractivity contribution < 1.29 is 9.47 Å². The summed E-state index contributed by atoms with van der Waals surface area (Å²) >= 11 is 6.11. The van der Waals surface area contributed by atoms with Crippen molar-refractivity contribution in [2.45, 2.75) is 44.9 Å². The van der Waals surface area contributed by atoms with Gasteiger partial charge in [0.15, 0.2) is 0 Å². The number of benzene rings is 1. The predicted octanol–water partition coefficient (Wildman–Crippen LogP) is 3.26. The number of ether oxygens (including phenoxy) is 2. The Labute approximate surface area is 120 Å². The molecule has 1 aliphatic carbocycles. The molecule has 1 saturated carbocycles. The van der Waals surface area contributed by atoms with E-state index in [-0.39, 0.29) is 12.2 Å². The van der Waals surface area contributed by atoms with Crippen LogP contribution in [0, 0.1) is 0 Å². The number of hydrogen-bond acceptors (Lipinski definition) is 3. The first-order valence-electron chi connectivity index (χ1n) is 7.02. The van der Waals surface area contributed by atoms with Crippen molar-refractivity contribution in [1.82, 2.24) is 5.32 Å². The zero-order valence-electron chi connectivity index (χ0n) is 11.6. The molecule has 3 atom stereocenters. The molecule has 0 saturated heterocycles. The van der Waals surface area contributed by atoms with Gasteiger partial charge in [-0.2, -0.15) is 0 Å². The highest BCUT2D eigenvalue weighted by Crippen LogP contribution is 2.32. The molecule has 0 amide bonds. The molecule has 0 aliphatic heterocycles. The van der Waals surface area contributed by atoms with Crippen molar-refractivity contribution in [2.75, 3.05) is 13.2 Å². The summed E-state index contributed by atoms with van der Waals surface area (Å²) in [6, 6.07) is 7.98. The lowest BCUT2D eigenvalue weighted by atomic mass is 9.85. The number of rotatable bonds is 7. The maximum Gasteiger partial charge on any atom is 0.138 e. The maximum absolute atomic E-state index is 6.11. The molecule has 4 heteroatoms. The monoisotopic (exact) mass is 283 g/mol. The Hall–Kier alpha value is -0.770. The van der Waals surface area contributed by atoms with Crippen LogP contribution < -0.4 is 10.1 Å². The van der Waals surface area contributed by atoms with Crippen molar-refractivity contribution in [1.29, 1.82) is 0 Å². The summed E-state index contributed by atoms with van der Waals surface area (Å²) in [6.45, 7) is 5.91. The van der Waals surface area contributed by atoms with Crippen LogP contribution in [0.4, 0.5) is 0 Å². The molecule has 2 rings (SSSR count). The Kier molecular flexibility index (Phi) is 5.49. The molecule has 0 bridgehead atoms. The summed E-state index contributed by atoms with van der Waals surface area (Å²) in [7, 11) is 0. The van der Waals surface area contributed by atoms with Crippen LogP contribution in [0.2, 0.25) is 5.02 Å². The Morgan fingerprint density at radius 3 is 2.79 bits per heavy atom. The predicted molar refractivity (Wildman–Crippen MR) is 78.0 cm³/mol. The van der Waals surface area contributed by atoms with E-state index in [0.717, 1.165) is 25.1 Å². The minimum Gasteiger partial charge on any atom is -0.486 e. The van der Waals surface area contributed by atoms with E-state index in [0.29, 0.717) is 17.7 Å². The molecular weight excluding hydrogens is 262 g/mol. The second-order valence-electron chi connectivity index (χ2n) is 4.80. The van der Waals surface area contributed by atoms with E-state index in [1.54, 1.807) is 0 Å². The highest BCUT2D eigenvalue weighted by atomic mass is 35.5. The molecule has 0 heterocycles. The van der Waals surface area contributed by atoms with Crippen molar-refractivity contribution in [3.63, 3.8) is 0 Å². The zero-order chi connectivity index (χ0) is 13.7. The van der Waals surface area contributed by atoms with Gasteiger partial charge < -0.3 is 14.8 Å². The SMILES string of the molecule is CCCNC1CC(Oc2ccccc2Cl)C1OCC. The topological polar surface area (TPSA) is 30.5 Å². The van der Waals surface area contributed by atoms with E-state index in [9.17, 15) is 0 Å².